The molecule has 0 spiro atoms. The van der Waals surface area contributed by atoms with Crippen LogP contribution in [0.25, 0.3) is 10.8 Å². The fourth-order valence-electron chi connectivity index (χ4n) is 2.18. The second-order valence-corrected chi connectivity index (χ2v) is 4.85. The van der Waals surface area contributed by atoms with Gasteiger partial charge in [0.2, 0.25) is 0 Å². The summed E-state index contributed by atoms with van der Waals surface area (Å²) in [5, 5.41) is 6.22. The largest absolute Gasteiger partial charge is 0.315 e. The molecule has 0 radical (unpaired) electrons. The summed E-state index contributed by atoms with van der Waals surface area (Å²) >= 11 is 0. The van der Waals surface area contributed by atoms with Crippen molar-refractivity contribution < 1.29 is 0 Å². The SMILES string of the molecule is CC(C)NCCCc1cccc2ccccc12. The van der Waals surface area contributed by atoms with Gasteiger partial charge >= 0.3 is 0 Å². The van der Waals surface area contributed by atoms with E-state index in [1.165, 1.54) is 22.8 Å². The van der Waals surface area contributed by atoms with Crippen molar-refractivity contribution in [3.8, 4) is 0 Å². The minimum Gasteiger partial charge on any atom is -0.315 e. The Balaban J connectivity index is 2.03. The Labute approximate surface area is 104 Å². The van der Waals surface area contributed by atoms with Gasteiger partial charge in [0.05, 0.1) is 0 Å². The zero-order valence-corrected chi connectivity index (χ0v) is 10.7. The summed E-state index contributed by atoms with van der Waals surface area (Å²) in [7, 11) is 0. The van der Waals surface area contributed by atoms with Crippen molar-refractivity contribution in [1.82, 2.24) is 5.32 Å². The van der Waals surface area contributed by atoms with Crippen LogP contribution in [-0.4, -0.2) is 12.6 Å². The van der Waals surface area contributed by atoms with E-state index in [0.29, 0.717) is 6.04 Å². The van der Waals surface area contributed by atoms with Gasteiger partial charge in [-0.15, -0.1) is 0 Å². The standard InChI is InChI=1S/C16H21N/c1-13(2)17-12-6-10-15-9-5-8-14-7-3-4-11-16(14)15/h3-5,7-9,11,13,17H,6,10,12H2,1-2H3. The lowest BCUT2D eigenvalue weighted by molar-refractivity contribution is 0.571. The molecular formula is C16H21N. The van der Waals surface area contributed by atoms with E-state index in [9.17, 15) is 0 Å². The number of aryl methyl sites for hydroxylation is 1. The van der Waals surface area contributed by atoms with E-state index in [2.05, 4.69) is 61.6 Å². The summed E-state index contributed by atoms with van der Waals surface area (Å²) in [6.07, 6.45) is 2.35. The topological polar surface area (TPSA) is 12.0 Å². The van der Waals surface area contributed by atoms with Gasteiger partial charge in [0, 0.05) is 6.04 Å². The highest BCUT2D eigenvalue weighted by Crippen LogP contribution is 2.19. The monoisotopic (exact) mass is 227 g/mol. The molecule has 0 aromatic heterocycles. The Hall–Kier alpha value is -1.34. The van der Waals surface area contributed by atoms with Crippen LogP contribution in [0.3, 0.4) is 0 Å². The molecule has 17 heavy (non-hydrogen) atoms. The third-order valence-electron chi connectivity index (χ3n) is 3.06. The average Bonchev–Trinajstić information content (AvgIpc) is 2.34. The molecule has 0 atom stereocenters. The Morgan fingerprint density at radius 2 is 1.76 bits per heavy atom. The van der Waals surface area contributed by atoms with Crippen LogP contribution < -0.4 is 5.32 Å². The van der Waals surface area contributed by atoms with Crippen LogP contribution in [0.15, 0.2) is 42.5 Å². The predicted molar refractivity (Wildman–Crippen MR) is 75.4 cm³/mol. The zero-order chi connectivity index (χ0) is 12.1. The fourth-order valence-corrected chi connectivity index (χ4v) is 2.18. The molecule has 0 aliphatic carbocycles. The number of hydrogen-bond donors (Lipinski definition) is 1. The summed E-state index contributed by atoms with van der Waals surface area (Å²) in [4.78, 5) is 0. The first-order valence-corrected chi connectivity index (χ1v) is 6.47. The molecule has 0 saturated heterocycles. The summed E-state index contributed by atoms with van der Waals surface area (Å²) in [5.41, 5.74) is 1.47. The minimum absolute atomic E-state index is 0.586. The highest BCUT2D eigenvalue weighted by molar-refractivity contribution is 5.85. The molecule has 2 rings (SSSR count). The van der Waals surface area contributed by atoms with Crippen LogP contribution in [0.4, 0.5) is 0 Å². The number of benzene rings is 2. The second kappa shape index (κ2) is 5.83. The number of fused-ring (bicyclic) bond motifs is 1. The fraction of sp³-hybridized carbons (Fsp3) is 0.375. The molecule has 1 heteroatoms. The van der Waals surface area contributed by atoms with Crippen molar-refractivity contribution in [3.63, 3.8) is 0 Å². The molecule has 90 valence electrons. The van der Waals surface area contributed by atoms with Crippen LogP contribution in [0.1, 0.15) is 25.8 Å². The Morgan fingerprint density at radius 1 is 1.00 bits per heavy atom. The summed E-state index contributed by atoms with van der Waals surface area (Å²) < 4.78 is 0. The van der Waals surface area contributed by atoms with Gasteiger partial charge in [0.25, 0.3) is 0 Å². The third-order valence-corrected chi connectivity index (χ3v) is 3.06. The van der Waals surface area contributed by atoms with Gasteiger partial charge in [-0.2, -0.15) is 0 Å². The minimum atomic E-state index is 0.586. The van der Waals surface area contributed by atoms with E-state index in [-0.39, 0.29) is 0 Å². The number of nitrogens with one attached hydrogen (secondary N) is 1. The van der Waals surface area contributed by atoms with Crippen LogP contribution >= 0.6 is 0 Å². The van der Waals surface area contributed by atoms with E-state index in [1.54, 1.807) is 0 Å². The molecule has 0 amide bonds. The second-order valence-electron chi connectivity index (χ2n) is 4.85. The van der Waals surface area contributed by atoms with Gasteiger partial charge in [0.15, 0.2) is 0 Å². The molecule has 0 aliphatic heterocycles. The molecule has 1 N–H and O–H groups in total. The Kier molecular flexibility index (Phi) is 4.16. The van der Waals surface area contributed by atoms with Crippen LogP contribution in [0.2, 0.25) is 0 Å². The van der Waals surface area contributed by atoms with E-state index in [0.717, 1.165) is 13.0 Å². The molecule has 0 fully saturated rings. The maximum absolute atomic E-state index is 3.46. The van der Waals surface area contributed by atoms with Crippen molar-refractivity contribution >= 4 is 10.8 Å². The van der Waals surface area contributed by atoms with Gasteiger partial charge in [-0.3, -0.25) is 0 Å². The molecule has 0 bridgehead atoms. The smallest absolute Gasteiger partial charge is 0.00103 e. The zero-order valence-electron chi connectivity index (χ0n) is 10.7. The van der Waals surface area contributed by atoms with E-state index in [4.69, 9.17) is 0 Å². The van der Waals surface area contributed by atoms with Crippen LogP contribution in [0.5, 0.6) is 0 Å². The molecule has 2 aromatic carbocycles. The van der Waals surface area contributed by atoms with Gasteiger partial charge in [0.1, 0.15) is 0 Å². The lowest BCUT2D eigenvalue weighted by atomic mass is 10.0. The van der Waals surface area contributed by atoms with Crippen molar-refractivity contribution in [1.29, 1.82) is 0 Å². The normalized spacial score (nSPS) is 11.2. The molecule has 0 saturated carbocycles. The predicted octanol–water partition coefficient (Wildman–Crippen LogP) is 3.77. The van der Waals surface area contributed by atoms with Crippen molar-refractivity contribution in [3.05, 3.63) is 48.0 Å². The maximum Gasteiger partial charge on any atom is 0.00103 e. The maximum atomic E-state index is 3.46. The van der Waals surface area contributed by atoms with Crippen molar-refractivity contribution in [2.45, 2.75) is 32.7 Å². The lowest BCUT2D eigenvalue weighted by Crippen LogP contribution is -2.23. The van der Waals surface area contributed by atoms with Gasteiger partial charge in [-0.1, -0.05) is 56.3 Å². The highest BCUT2D eigenvalue weighted by Gasteiger charge is 2.00. The summed E-state index contributed by atoms with van der Waals surface area (Å²) in [5.74, 6) is 0. The molecule has 0 unspecified atom stereocenters. The quantitative estimate of drug-likeness (QED) is 0.767. The molecular weight excluding hydrogens is 206 g/mol. The van der Waals surface area contributed by atoms with Crippen molar-refractivity contribution in [2.24, 2.45) is 0 Å². The van der Waals surface area contributed by atoms with Gasteiger partial charge < -0.3 is 5.32 Å². The number of rotatable bonds is 5. The van der Waals surface area contributed by atoms with Gasteiger partial charge in [-0.05, 0) is 35.7 Å². The van der Waals surface area contributed by atoms with E-state index in [1.807, 2.05) is 0 Å². The van der Waals surface area contributed by atoms with Crippen molar-refractivity contribution in [2.75, 3.05) is 6.54 Å². The van der Waals surface area contributed by atoms with Gasteiger partial charge in [-0.25, -0.2) is 0 Å². The summed E-state index contributed by atoms with van der Waals surface area (Å²) in [6, 6.07) is 15.8. The first kappa shape index (κ1) is 12.1. The van der Waals surface area contributed by atoms with Crippen LogP contribution in [0, 0.1) is 0 Å². The Morgan fingerprint density at radius 3 is 2.59 bits per heavy atom. The summed E-state index contributed by atoms with van der Waals surface area (Å²) in [6.45, 7) is 5.48. The van der Waals surface area contributed by atoms with Crippen LogP contribution in [-0.2, 0) is 6.42 Å². The first-order chi connectivity index (χ1) is 8.27. The highest BCUT2D eigenvalue weighted by atomic mass is 14.9. The lowest BCUT2D eigenvalue weighted by Gasteiger charge is -2.09. The average molecular weight is 227 g/mol. The Bertz CT molecular complexity index is 468. The van der Waals surface area contributed by atoms with E-state index >= 15 is 0 Å². The molecule has 2 aromatic rings. The number of hydrogen-bond acceptors (Lipinski definition) is 1. The third kappa shape index (κ3) is 3.31. The molecule has 0 heterocycles. The van der Waals surface area contributed by atoms with E-state index < -0.39 is 0 Å². The molecule has 0 aliphatic rings. The first-order valence-electron chi connectivity index (χ1n) is 6.47. The molecule has 1 nitrogen and oxygen atoms in total.